The largest absolute Gasteiger partial charge is 0.384 e. The Morgan fingerprint density at radius 1 is 1.41 bits per heavy atom. The first-order valence-corrected chi connectivity index (χ1v) is 5.81. The van der Waals surface area contributed by atoms with E-state index in [2.05, 4.69) is 5.32 Å². The molecule has 0 bridgehead atoms. The van der Waals surface area contributed by atoms with Crippen molar-refractivity contribution >= 4 is 5.69 Å². The summed E-state index contributed by atoms with van der Waals surface area (Å²) in [6, 6.07) is 6.54. The Morgan fingerprint density at radius 2 is 2.18 bits per heavy atom. The summed E-state index contributed by atoms with van der Waals surface area (Å²) in [5, 5.41) is 12.0. The molecule has 0 aromatic heterocycles. The van der Waals surface area contributed by atoms with Crippen LogP contribution in [0, 0.1) is 23.1 Å². The highest BCUT2D eigenvalue weighted by Crippen LogP contribution is 2.20. The molecule has 0 unspecified atom stereocenters. The number of hydrogen-bond acceptors (Lipinski definition) is 3. The van der Waals surface area contributed by atoms with E-state index in [1.807, 2.05) is 6.07 Å². The van der Waals surface area contributed by atoms with E-state index in [9.17, 15) is 4.39 Å². The number of benzene rings is 1. The maximum absolute atomic E-state index is 13.3. The summed E-state index contributed by atoms with van der Waals surface area (Å²) in [6.45, 7) is 2.35. The average molecular weight is 234 g/mol. The quantitative estimate of drug-likeness (QED) is 0.874. The van der Waals surface area contributed by atoms with Crippen LogP contribution in [0.3, 0.4) is 0 Å². The summed E-state index contributed by atoms with van der Waals surface area (Å²) in [7, 11) is 0. The number of ether oxygens (including phenoxy) is 1. The summed E-state index contributed by atoms with van der Waals surface area (Å²) in [4.78, 5) is 0. The van der Waals surface area contributed by atoms with Gasteiger partial charge >= 0.3 is 0 Å². The minimum atomic E-state index is -0.468. The molecular weight excluding hydrogens is 219 g/mol. The van der Waals surface area contributed by atoms with Gasteiger partial charge in [-0.05, 0) is 30.9 Å². The normalized spacial score (nSPS) is 16.5. The van der Waals surface area contributed by atoms with Gasteiger partial charge in [-0.3, -0.25) is 0 Å². The van der Waals surface area contributed by atoms with Gasteiger partial charge in [-0.15, -0.1) is 0 Å². The highest BCUT2D eigenvalue weighted by molar-refractivity contribution is 5.57. The van der Waals surface area contributed by atoms with E-state index in [4.69, 9.17) is 10.00 Å². The van der Waals surface area contributed by atoms with Gasteiger partial charge in [0.15, 0.2) is 0 Å². The highest BCUT2D eigenvalue weighted by Gasteiger charge is 2.14. The molecule has 1 N–H and O–H groups in total. The molecule has 0 atom stereocenters. The summed E-state index contributed by atoms with van der Waals surface area (Å²) < 4.78 is 18.6. The van der Waals surface area contributed by atoms with Crippen molar-refractivity contribution in [3.63, 3.8) is 0 Å². The number of hydrogen-bond donors (Lipinski definition) is 1. The smallest absolute Gasteiger partial charge is 0.143 e. The molecular formula is C13H15FN2O. The maximum atomic E-state index is 13.3. The fourth-order valence-corrected chi connectivity index (χ4v) is 1.99. The van der Waals surface area contributed by atoms with E-state index >= 15 is 0 Å². The van der Waals surface area contributed by atoms with Gasteiger partial charge in [-0.1, -0.05) is 6.07 Å². The first kappa shape index (κ1) is 11.9. The average Bonchev–Trinajstić information content (AvgIpc) is 2.37. The number of nitrogens with one attached hydrogen (secondary N) is 1. The van der Waals surface area contributed by atoms with E-state index in [0.717, 1.165) is 32.6 Å². The van der Waals surface area contributed by atoms with Crippen LogP contribution in [0.1, 0.15) is 18.4 Å². The molecule has 17 heavy (non-hydrogen) atoms. The van der Waals surface area contributed by atoms with E-state index in [0.29, 0.717) is 11.6 Å². The molecule has 1 aliphatic rings. The van der Waals surface area contributed by atoms with Crippen LogP contribution >= 0.6 is 0 Å². The zero-order chi connectivity index (χ0) is 12.1. The van der Waals surface area contributed by atoms with E-state index in [1.54, 1.807) is 12.1 Å². The van der Waals surface area contributed by atoms with Crippen molar-refractivity contribution < 1.29 is 9.13 Å². The van der Waals surface area contributed by atoms with E-state index in [1.165, 1.54) is 6.07 Å². The lowest BCUT2D eigenvalue weighted by Gasteiger charge is -2.22. The molecule has 1 saturated heterocycles. The second kappa shape index (κ2) is 5.65. The monoisotopic (exact) mass is 234 g/mol. The van der Waals surface area contributed by atoms with Gasteiger partial charge in [0.2, 0.25) is 0 Å². The molecule has 3 nitrogen and oxygen atoms in total. The summed E-state index contributed by atoms with van der Waals surface area (Å²) in [6.07, 6.45) is 2.04. The lowest BCUT2D eigenvalue weighted by atomic mass is 10.00. The molecule has 90 valence electrons. The van der Waals surface area contributed by atoms with E-state index < -0.39 is 5.82 Å². The van der Waals surface area contributed by atoms with Crippen molar-refractivity contribution in [2.45, 2.75) is 12.8 Å². The Hall–Kier alpha value is -1.60. The minimum absolute atomic E-state index is 0.0968. The van der Waals surface area contributed by atoms with Gasteiger partial charge < -0.3 is 10.1 Å². The molecule has 1 heterocycles. The molecule has 0 aliphatic carbocycles. The van der Waals surface area contributed by atoms with Crippen LogP contribution in [0.4, 0.5) is 10.1 Å². The molecule has 1 fully saturated rings. The first-order valence-electron chi connectivity index (χ1n) is 5.81. The van der Waals surface area contributed by atoms with Crippen LogP contribution in [-0.4, -0.2) is 19.8 Å². The topological polar surface area (TPSA) is 45.0 Å². The van der Waals surface area contributed by atoms with Crippen molar-refractivity contribution in [3.05, 3.63) is 29.6 Å². The fourth-order valence-electron chi connectivity index (χ4n) is 1.99. The number of anilines is 1. The van der Waals surface area contributed by atoms with Gasteiger partial charge in [0.05, 0.1) is 5.69 Å². The van der Waals surface area contributed by atoms with Crippen LogP contribution in [0.15, 0.2) is 18.2 Å². The molecule has 0 amide bonds. The Kier molecular flexibility index (Phi) is 3.94. The lowest BCUT2D eigenvalue weighted by Crippen LogP contribution is -2.22. The Morgan fingerprint density at radius 3 is 2.88 bits per heavy atom. The molecule has 0 spiro atoms. The third-order valence-electron chi connectivity index (χ3n) is 3.05. The Bertz CT molecular complexity index is 422. The third kappa shape index (κ3) is 2.95. The molecule has 1 aromatic rings. The summed E-state index contributed by atoms with van der Waals surface area (Å²) >= 11 is 0. The molecule has 4 heteroatoms. The van der Waals surface area contributed by atoms with Crippen LogP contribution in [0.5, 0.6) is 0 Å². The van der Waals surface area contributed by atoms with Gasteiger partial charge in [-0.25, -0.2) is 4.39 Å². The van der Waals surface area contributed by atoms with Gasteiger partial charge in [0, 0.05) is 19.8 Å². The zero-order valence-electron chi connectivity index (χ0n) is 9.58. The first-order chi connectivity index (χ1) is 8.31. The lowest BCUT2D eigenvalue weighted by molar-refractivity contribution is 0.0699. The second-order valence-corrected chi connectivity index (χ2v) is 4.21. The van der Waals surface area contributed by atoms with Crippen molar-refractivity contribution in [1.29, 1.82) is 5.26 Å². The Labute approximate surface area is 100 Å². The third-order valence-corrected chi connectivity index (χ3v) is 3.05. The molecule has 0 radical (unpaired) electrons. The number of nitrogens with zero attached hydrogens (tertiary/aromatic N) is 1. The minimum Gasteiger partial charge on any atom is -0.384 e. The van der Waals surface area contributed by atoms with Crippen molar-refractivity contribution in [1.82, 2.24) is 0 Å². The van der Waals surface area contributed by atoms with Crippen molar-refractivity contribution in [2.24, 2.45) is 5.92 Å². The summed E-state index contributed by atoms with van der Waals surface area (Å²) in [5.74, 6) is 0.0723. The predicted molar refractivity (Wildman–Crippen MR) is 63.1 cm³/mol. The SMILES string of the molecule is N#Cc1c(F)cccc1NCC1CCOCC1. The van der Waals surface area contributed by atoms with Crippen LogP contribution < -0.4 is 5.32 Å². The van der Waals surface area contributed by atoms with E-state index in [-0.39, 0.29) is 5.56 Å². The maximum Gasteiger partial charge on any atom is 0.143 e. The number of rotatable bonds is 3. The zero-order valence-corrected chi connectivity index (χ0v) is 9.58. The van der Waals surface area contributed by atoms with Crippen LogP contribution in [0.25, 0.3) is 0 Å². The Balaban J connectivity index is 1.99. The van der Waals surface area contributed by atoms with Crippen LogP contribution in [0.2, 0.25) is 0 Å². The summed E-state index contributed by atoms with van der Waals surface area (Å²) in [5.41, 5.74) is 0.679. The van der Waals surface area contributed by atoms with Gasteiger partial charge in [-0.2, -0.15) is 5.26 Å². The highest BCUT2D eigenvalue weighted by atomic mass is 19.1. The molecule has 0 saturated carbocycles. The van der Waals surface area contributed by atoms with Crippen LogP contribution in [-0.2, 0) is 4.74 Å². The molecule has 1 aromatic carbocycles. The standard InChI is InChI=1S/C13H15FN2O/c14-12-2-1-3-13(11(12)8-15)16-9-10-4-6-17-7-5-10/h1-3,10,16H,4-7,9H2. The fraction of sp³-hybridized carbons (Fsp3) is 0.462. The van der Waals surface area contributed by atoms with Gasteiger partial charge in [0.1, 0.15) is 17.4 Å². The number of halogens is 1. The number of nitriles is 1. The van der Waals surface area contributed by atoms with Crippen molar-refractivity contribution in [3.8, 4) is 6.07 Å². The predicted octanol–water partition coefficient (Wildman–Crippen LogP) is 2.54. The molecule has 1 aliphatic heterocycles. The van der Waals surface area contributed by atoms with Crippen molar-refractivity contribution in [2.75, 3.05) is 25.1 Å². The van der Waals surface area contributed by atoms with Gasteiger partial charge in [0.25, 0.3) is 0 Å². The second-order valence-electron chi connectivity index (χ2n) is 4.21. The molecule has 2 rings (SSSR count).